The van der Waals surface area contributed by atoms with E-state index < -0.39 is 0 Å². The molecule has 2 unspecified atom stereocenters. The molecule has 0 saturated heterocycles. The molecule has 8 aromatic carbocycles. The molecule has 4 aliphatic rings. The van der Waals surface area contributed by atoms with Crippen molar-refractivity contribution in [3.8, 4) is 0 Å². The third kappa shape index (κ3) is 4.29. The fourth-order valence-corrected chi connectivity index (χ4v) is 12.4. The summed E-state index contributed by atoms with van der Waals surface area (Å²) in [6.45, 7) is 5.07. The Morgan fingerprint density at radius 1 is 0.452 bits per heavy atom. The van der Waals surface area contributed by atoms with Gasteiger partial charge in [-0.1, -0.05) is 129 Å². The molecule has 1 aliphatic carbocycles. The maximum Gasteiger partial charge on any atom is 0.252 e. The highest BCUT2D eigenvalue weighted by molar-refractivity contribution is 7.00. The molecule has 2 aromatic heterocycles. The third-order valence-corrected chi connectivity index (χ3v) is 15.4. The fraction of sp³-hybridized carbons (Fsp3) is 0.143. The van der Waals surface area contributed by atoms with E-state index in [9.17, 15) is 0 Å². The van der Waals surface area contributed by atoms with E-state index in [1.807, 2.05) is 0 Å². The molecule has 5 nitrogen and oxygen atoms in total. The predicted molar refractivity (Wildman–Crippen MR) is 258 cm³/mol. The van der Waals surface area contributed by atoms with Crippen molar-refractivity contribution in [2.45, 2.75) is 50.5 Å². The van der Waals surface area contributed by atoms with E-state index in [1.54, 1.807) is 0 Å². The standard InChI is InChI=1S/C56H42BN3O2/c1-55-31-12-13-32-56(55,2)60(35-17-4-3-5-18-35)48-34-49-42(33-40(48)55)57-41-23-8-9-24-43(41)58(46-27-14-21-38-36-19-6-10-29-50(36)61-53(38)46)44-25-16-26-45(52(44)57)59(49)47-28-15-22-39-37-20-7-11-30-51(37)62-54(39)47/h3-11,14-30,33-34H,12-13,31-32H2,1-2H3. The van der Waals surface area contributed by atoms with Gasteiger partial charge in [-0.15, -0.1) is 0 Å². The second kappa shape index (κ2) is 12.2. The highest BCUT2D eigenvalue weighted by atomic mass is 16.3. The highest BCUT2D eigenvalue weighted by Gasteiger charge is 2.58. The number of rotatable bonds is 3. The average molecular weight is 800 g/mol. The van der Waals surface area contributed by atoms with Crippen molar-refractivity contribution in [3.05, 3.63) is 175 Å². The van der Waals surface area contributed by atoms with Crippen LogP contribution in [0.3, 0.4) is 0 Å². The summed E-state index contributed by atoms with van der Waals surface area (Å²) >= 11 is 0. The molecule has 1 fully saturated rings. The first-order valence-electron chi connectivity index (χ1n) is 22.2. The van der Waals surface area contributed by atoms with Gasteiger partial charge < -0.3 is 23.5 Å². The number of furan rings is 2. The van der Waals surface area contributed by atoms with Gasteiger partial charge in [-0.05, 0) is 102 Å². The van der Waals surface area contributed by atoms with Crippen molar-refractivity contribution in [2.75, 3.05) is 14.7 Å². The van der Waals surface area contributed by atoms with Gasteiger partial charge in [0.1, 0.15) is 11.2 Å². The summed E-state index contributed by atoms with van der Waals surface area (Å²) in [4.78, 5) is 7.70. The van der Waals surface area contributed by atoms with Crippen LogP contribution in [0.25, 0.3) is 43.9 Å². The fourth-order valence-electron chi connectivity index (χ4n) is 12.4. The lowest BCUT2D eigenvalue weighted by atomic mass is 9.33. The maximum atomic E-state index is 6.91. The molecule has 3 aliphatic heterocycles. The number of fused-ring (bicyclic) bond motifs is 13. The number of para-hydroxylation sites is 6. The van der Waals surface area contributed by atoms with Crippen LogP contribution in [0, 0.1) is 0 Å². The minimum atomic E-state index is -0.0903. The van der Waals surface area contributed by atoms with E-state index in [1.165, 1.54) is 57.5 Å². The van der Waals surface area contributed by atoms with E-state index >= 15 is 0 Å². The van der Waals surface area contributed by atoms with E-state index in [0.29, 0.717) is 0 Å². The summed E-state index contributed by atoms with van der Waals surface area (Å²) in [6.07, 6.45) is 4.74. The summed E-state index contributed by atoms with van der Waals surface area (Å²) in [6, 6.07) is 62.3. The molecule has 1 saturated carbocycles. The minimum Gasteiger partial charge on any atom is -0.454 e. The lowest BCUT2D eigenvalue weighted by Gasteiger charge is -2.50. The van der Waals surface area contributed by atoms with Gasteiger partial charge in [-0.3, -0.25) is 0 Å². The Morgan fingerprint density at radius 2 is 0.984 bits per heavy atom. The average Bonchev–Trinajstić information content (AvgIpc) is 3.95. The second-order valence-electron chi connectivity index (χ2n) is 18.3. The van der Waals surface area contributed by atoms with E-state index in [0.717, 1.165) is 79.5 Å². The van der Waals surface area contributed by atoms with Crippen LogP contribution in [0.2, 0.25) is 0 Å². The lowest BCUT2D eigenvalue weighted by molar-refractivity contribution is 0.195. The first kappa shape index (κ1) is 34.5. The zero-order chi connectivity index (χ0) is 40.9. The van der Waals surface area contributed by atoms with Gasteiger partial charge in [-0.2, -0.15) is 0 Å². The Morgan fingerprint density at radius 3 is 1.68 bits per heavy atom. The zero-order valence-corrected chi connectivity index (χ0v) is 34.7. The summed E-state index contributed by atoms with van der Waals surface area (Å²) in [5.74, 6) is 0. The summed E-state index contributed by atoms with van der Waals surface area (Å²) in [7, 11) is 0. The van der Waals surface area contributed by atoms with Crippen molar-refractivity contribution >= 4 is 112 Å². The number of anilines is 8. The molecule has 0 N–H and O–H groups in total. The van der Waals surface area contributed by atoms with Crippen molar-refractivity contribution in [3.63, 3.8) is 0 Å². The van der Waals surface area contributed by atoms with Gasteiger partial charge in [0.2, 0.25) is 0 Å². The number of hydrogen-bond acceptors (Lipinski definition) is 5. The van der Waals surface area contributed by atoms with Gasteiger partial charge in [0, 0.05) is 61.1 Å². The van der Waals surface area contributed by atoms with E-state index in [4.69, 9.17) is 8.83 Å². The summed E-state index contributed by atoms with van der Waals surface area (Å²) < 4.78 is 13.7. The maximum absolute atomic E-state index is 6.91. The Kier molecular flexibility index (Phi) is 6.81. The van der Waals surface area contributed by atoms with Crippen LogP contribution in [-0.2, 0) is 5.41 Å². The molecule has 0 amide bonds. The molecule has 62 heavy (non-hydrogen) atoms. The van der Waals surface area contributed by atoms with Gasteiger partial charge >= 0.3 is 0 Å². The molecule has 6 heteroatoms. The monoisotopic (exact) mass is 799 g/mol. The molecule has 2 atom stereocenters. The molecule has 0 bridgehead atoms. The Hall–Kier alpha value is -7.18. The Bertz CT molecular complexity index is 3520. The molecule has 0 radical (unpaired) electrons. The number of hydrogen-bond donors (Lipinski definition) is 0. The van der Waals surface area contributed by atoms with Crippen molar-refractivity contribution in [1.82, 2.24) is 0 Å². The third-order valence-electron chi connectivity index (χ3n) is 15.4. The quantitative estimate of drug-likeness (QED) is 0.166. The molecule has 296 valence electrons. The van der Waals surface area contributed by atoms with Crippen LogP contribution in [0.5, 0.6) is 0 Å². The molecular weight excluding hydrogens is 757 g/mol. The molecule has 0 spiro atoms. The molecular formula is C56H42BN3O2. The van der Waals surface area contributed by atoms with Crippen molar-refractivity contribution in [2.24, 2.45) is 0 Å². The van der Waals surface area contributed by atoms with Crippen molar-refractivity contribution < 1.29 is 8.83 Å². The lowest BCUT2D eigenvalue weighted by Crippen LogP contribution is -2.61. The first-order valence-corrected chi connectivity index (χ1v) is 22.2. The van der Waals surface area contributed by atoms with Gasteiger partial charge in [-0.25, -0.2) is 0 Å². The van der Waals surface area contributed by atoms with E-state index in [2.05, 4.69) is 198 Å². The molecule has 10 aromatic rings. The van der Waals surface area contributed by atoms with Gasteiger partial charge in [0.25, 0.3) is 6.71 Å². The van der Waals surface area contributed by atoms with Gasteiger partial charge in [0.05, 0.1) is 16.9 Å². The number of benzene rings is 8. The highest BCUT2D eigenvalue weighted by Crippen LogP contribution is 2.62. The topological polar surface area (TPSA) is 36.0 Å². The molecule has 5 heterocycles. The first-order chi connectivity index (χ1) is 30.5. The van der Waals surface area contributed by atoms with Crippen LogP contribution in [0.15, 0.2) is 179 Å². The van der Waals surface area contributed by atoms with Crippen LogP contribution in [-0.4, -0.2) is 12.3 Å². The van der Waals surface area contributed by atoms with Crippen LogP contribution < -0.4 is 31.1 Å². The summed E-state index contributed by atoms with van der Waals surface area (Å²) in [5.41, 5.74) is 18.1. The normalized spacial score (nSPS) is 19.8. The van der Waals surface area contributed by atoms with Gasteiger partial charge in [0.15, 0.2) is 11.2 Å². The van der Waals surface area contributed by atoms with Crippen LogP contribution in [0.1, 0.15) is 45.1 Å². The van der Waals surface area contributed by atoms with Crippen molar-refractivity contribution in [1.29, 1.82) is 0 Å². The number of nitrogens with zero attached hydrogens (tertiary/aromatic N) is 3. The second-order valence-corrected chi connectivity index (χ2v) is 18.3. The largest absolute Gasteiger partial charge is 0.454 e. The zero-order valence-electron chi connectivity index (χ0n) is 34.7. The van der Waals surface area contributed by atoms with Crippen LogP contribution >= 0.6 is 0 Å². The van der Waals surface area contributed by atoms with E-state index in [-0.39, 0.29) is 17.7 Å². The summed E-state index contributed by atoms with van der Waals surface area (Å²) in [5, 5.41) is 4.49. The molecule has 14 rings (SSSR count). The Balaban J connectivity index is 1.10. The SMILES string of the molecule is CC12CCCCC1(C)N(c1ccccc1)c1cc3c(cc12)B1c2ccccc2N(c2cccc4c2oc2ccccc24)c2cccc(c21)N3c1cccc2c1oc1ccccc12. The Labute approximate surface area is 360 Å². The minimum absolute atomic E-state index is 0.0147. The van der Waals surface area contributed by atoms with Crippen LogP contribution in [0.4, 0.5) is 45.5 Å². The smallest absolute Gasteiger partial charge is 0.252 e. The predicted octanol–water partition coefficient (Wildman–Crippen LogP) is 13.3.